The Kier molecular flexibility index (Phi) is 7.35. The van der Waals surface area contributed by atoms with Crippen LogP contribution in [0.15, 0.2) is 24.3 Å². The van der Waals surface area contributed by atoms with E-state index in [-0.39, 0.29) is 12.3 Å². The first-order valence-electron chi connectivity index (χ1n) is 6.14. The fraction of sp³-hybridized carbons (Fsp3) is 0.538. The number of methoxy groups -OCH3 is 1. The molecule has 0 aromatic heterocycles. The van der Waals surface area contributed by atoms with Crippen LogP contribution in [0, 0.1) is 0 Å². The highest BCUT2D eigenvalue weighted by molar-refractivity contribution is 5.33. The van der Waals surface area contributed by atoms with Gasteiger partial charge in [0.15, 0.2) is 0 Å². The van der Waals surface area contributed by atoms with Crippen molar-refractivity contribution in [2.24, 2.45) is 0 Å². The highest BCUT2D eigenvalue weighted by atomic mass is 19.4. The number of para-hydroxylation sites is 1. The summed E-state index contributed by atoms with van der Waals surface area (Å²) in [5.74, 6) is -0.187. The van der Waals surface area contributed by atoms with E-state index in [1.165, 1.54) is 12.1 Å². The van der Waals surface area contributed by atoms with Crippen molar-refractivity contribution in [1.29, 1.82) is 0 Å². The van der Waals surface area contributed by atoms with E-state index in [4.69, 9.17) is 9.47 Å². The minimum absolute atomic E-state index is 0.187. The number of rotatable bonds is 9. The zero-order valence-electron chi connectivity index (χ0n) is 11.2. The minimum atomic E-state index is -4.68. The SMILES string of the molecule is COCCOCCNCc1ccccc1OC(F)(F)F. The van der Waals surface area contributed by atoms with Crippen LogP contribution >= 0.6 is 0 Å². The molecule has 0 saturated heterocycles. The van der Waals surface area contributed by atoms with Crippen molar-refractivity contribution in [1.82, 2.24) is 5.32 Å². The van der Waals surface area contributed by atoms with Crippen LogP contribution < -0.4 is 10.1 Å². The molecule has 4 nitrogen and oxygen atoms in total. The molecule has 0 bridgehead atoms. The standard InChI is InChI=1S/C13H18F3NO3/c1-18-8-9-19-7-6-17-10-11-4-2-3-5-12(11)20-13(14,15)16/h2-5,17H,6-10H2,1H3. The first kappa shape index (κ1) is 16.7. The van der Waals surface area contributed by atoms with Gasteiger partial charge in [-0.25, -0.2) is 0 Å². The normalized spacial score (nSPS) is 11.6. The molecular weight excluding hydrogens is 275 g/mol. The summed E-state index contributed by atoms with van der Waals surface area (Å²) in [6.45, 7) is 2.28. The maximum Gasteiger partial charge on any atom is 0.573 e. The van der Waals surface area contributed by atoms with Crippen molar-refractivity contribution in [3.63, 3.8) is 0 Å². The van der Waals surface area contributed by atoms with Crippen molar-refractivity contribution in [3.05, 3.63) is 29.8 Å². The van der Waals surface area contributed by atoms with Gasteiger partial charge in [0.2, 0.25) is 0 Å². The molecule has 0 aliphatic rings. The van der Waals surface area contributed by atoms with E-state index in [1.54, 1.807) is 19.2 Å². The molecule has 0 amide bonds. The van der Waals surface area contributed by atoms with Crippen molar-refractivity contribution < 1.29 is 27.4 Å². The van der Waals surface area contributed by atoms with Gasteiger partial charge in [0.05, 0.1) is 19.8 Å². The zero-order valence-corrected chi connectivity index (χ0v) is 11.2. The van der Waals surface area contributed by atoms with Gasteiger partial charge in [-0.1, -0.05) is 18.2 Å². The Hall–Kier alpha value is -1.31. The highest BCUT2D eigenvalue weighted by Crippen LogP contribution is 2.25. The van der Waals surface area contributed by atoms with Crippen LogP contribution in [-0.2, 0) is 16.0 Å². The van der Waals surface area contributed by atoms with Crippen molar-refractivity contribution in [2.45, 2.75) is 12.9 Å². The average molecular weight is 293 g/mol. The lowest BCUT2D eigenvalue weighted by atomic mass is 10.2. The number of alkyl halides is 3. The van der Waals surface area contributed by atoms with Gasteiger partial charge in [-0.3, -0.25) is 0 Å². The van der Waals surface area contributed by atoms with E-state index in [1.807, 2.05) is 0 Å². The zero-order chi connectivity index (χ0) is 14.8. The Balaban J connectivity index is 2.33. The fourth-order valence-electron chi connectivity index (χ4n) is 1.49. The Morgan fingerprint density at radius 3 is 2.55 bits per heavy atom. The van der Waals surface area contributed by atoms with Crippen molar-refractivity contribution in [2.75, 3.05) is 33.5 Å². The Morgan fingerprint density at radius 1 is 1.10 bits per heavy atom. The average Bonchev–Trinajstić information content (AvgIpc) is 2.38. The van der Waals surface area contributed by atoms with Gasteiger partial charge in [0.25, 0.3) is 0 Å². The van der Waals surface area contributed by atoms with Gasteiger partial charge in [-0.15, -0.1) is 13.2 Å². The smallest absolute Gasteiger partial charge is 0.405 e. The van der Waals surface area contributed by atoms with E-state index in [2.05, 4.69) is 10.1 Å². The molecule has 0 spiro atoms. The third kappa shape index (κ3) is 7.32. The molecule has 1 rings (SSSR count). The van der Waals surface area contributed by atoms with Gasteiger partial charge in [-0.05, 0) is 6.07 Å². The topological polar surface area (TPSA) is 39.7 Å². The molecule has 0 atom stereocenters. The first-order chi connectivity index (χ1) is 9.53. The van der Waals surface area contributed by atoms with Crippen LogP contribution in [0.5, 0.6) is 5.75 Å². The van der Waals surface area contributed by atoms with E-state index in [9.17, 15) is 13.2 Å². The van der Waals surface area contributed by atoms with Crippen LogP contribution in [0.4, 0.5) is 13.2 Å². The van der Waals surface area contributed by atoms with E-state index < -0.39 is 6.36 Å². The molecule has 1 aromatic carbocycles. The molecule has 0 saturated carbocycles. The monoisotopic (exact) mass is 293 g/mol. The predicted octanol–water partition coefficient (Wildman–Crippen LogP) is 2.34. The summed E-state index contributed by atoms with van der Waals surface area (Å²) in [6.07, 6.45) is -4.68. The molecule has 0 radical (unpaired) electrons. The first-order valence-corrected chi connectivity index (χ1v) is 6.14. The molecule has 1 N–H and O–H groups in total. The summed E-state index contributed by atoms with van der Waals surface area (Å²) in [6, 6.07) is 6.03. The molecule has 0 heterocycles. The van der Waals surface area contributed by atoms with Gasteiger partial charge in [0, 0.05) is 25.8 Å². The van der Waals surface area contributed by atoms with Gasteiger partial charge in [-0.2, -0.15) is 0 Å². The van der Waals surface area contributed by atoms with Crippen LogP contribution in [0.3, 0.4) is 0 Å². The van der Waals surface area contributed by atoms with Crippen LogP contribution in [-0.4, -0.2) is 39.8 Å². The summed E-state index contributed by atoms with van der Waals surface area (Å²) in [4.78, 5) is 0. The second-order valence-electron chi connectivity index (χ2n) is 3.94. The second-order valence-corrected chi connectivity index (χ2v) is 3.94. The summed E-state index contributed by atoms with van der Waals surface area (Å²) in [7, 11) is 1.58. The van der Waals surface area contributed by atoms with Crippen LogP contribution in [0.1, 0.15) is 5.56 Å². The number of halogens is 3. The van der Waals surface area contributed by atoms with E-state index in [0.29, 0.717) is 31.9 Å². The molecule has 7 heteroatoms. The Morgan fingerprint density at radius 2 is 1.85 bits per heavy atom. The van der Waals surface area contributed by atoms with E-state index in [0.717, 1.165) is 0 Å². The fourth-order valence-corrected chi connectivity index (χ4v) is 1.49. The lowest BCUT2D eigenvalue weighted by Crippen LogP contribution is -2.22. The molecule has 114 valence electrons. The number of hydrogen-bond acceptors (Lipinski definition) is 4. The Bertz CT molecular complexity index is 385. The van der Waals surface area contributed by atoms with Crippen LogP contribution in [0.2, 0.25) is 0 Å². The summed E-state index contributed by atoms with van der Waals surface area (Å²) in [5.41, 5.74) is 0.446. The lowest BCUT2D eigenvalue weighted by molar-refractivity contribution is -0.274. The van der Waals surface area contributed by atoms with Crippen molar-refractivity contribution >= 4 is 0 Å². The molecule has 20 heavy (non-hydrogen) atoms. The molecular formula is C13H18F3NO3. The third-order valence-corrected chi connectivity index (χ3v) is 2.37. The maximum atomic E-state index is 12.2. The molecule has 0 fully saturated rings. The molecule has 0 aliphatic heterocycles. The summed E-state index contributed by atoms with van der Waals surface area (Å²) < 4.78 is 50.6. The second kappa shape index (κ2) is 8.78. The Labute approximate surface area is 115 Å². The van der Waals surface area contributed by atoms with Gasteiger partial charge in [0.1, 0.15) is 5.75 Å². The lowest BCUT2D eigenvalue weighted by Gasteiger charge is -2.13. The maximum absolute atomic E-state index is 12.2. The third-order valence-electron chi connectivity index (χ3n) is 2.37. The molecule has 0 aliphatic carbocycles. The minimum Gasteiger partial charge on any atom is -0.405 e. The number of benzene rings is 1. The van der Waals surface area contributed by atoms with Gasteiger partial charge >= 0.3 is 6.36 Å². The van der Waals surface area contributed by atoms with Crippen LogP contribution in [0.25, 0.3) is 0 Å². The molecule has 1 aromatic rings. The summed E-state index contributed by atoms with van der Waals surface area (Å²) in [5, 5.41) is 2.99. The number of hydrogen-bond donors (Lipinski definition) is 1. The van der Waals surface area contributed by atoms with Gasteiger partial charge < -0.3 is 19.5 Å². The summed E-state index contributed by atoms with van der Waals surface area (Å²) >= 11 is 0. The largest absolute Gasteiger partial charge is 0.573 e. The predicted molar refractivity (Wildman–Crippen MR) is 67.5 cm³/mol. The van der Waals surface area contributed by atoms with E-state index >= 15 is 0 Å². The van der Waals surface area contributed by atoms with Crippen molar-refractivity contribution in [3.8, 4) is 5.75 Å². The molecule has 0 unspecified atom stereocenters. The number of nitrogens with one attached hydrogen (secondary N) is 1. The number of ether oxygens (including phenoxy) is 3. The quantitative estimate of drug-likeness (QED) is 0.709. The highest BCUT2D eigenvalue weighted by Gasteiger charge is 2.31.